The Morgan fingerprint density at radius 2 is 1.67 bits per heavy atom. The van der Waals surface area contributed by atoms with Gasteiger partial charge in [-0.25, -0.2) is 4.98 Å². The Labute approximate surface area is 113 Å². The van der Waals surface area contributed by atoms with Crippen LogP contribution in [0.1, 0.15) is 39.7 Å². The molecule has 0 spiro atoms. The molecular weight excluding hydrogens is 240 g/mol. The lowest BCUT2D eigenvalue weighted by Gasteiger charge is -2.15. The fourth-order valence-corrected chi connectivity index (χ4v) is 3.24. The van der Waals surface area contributed by atoms with Crippen molar-refractivity contribution in [2.75, 3.05) is 5.32 Å². The van der Waals surface area contributed by atoms with Crippen molar-refractivity contribution in [2.24, 2.45) is 0 Å². The maximum atomic E-state index is 4.61. The van der Waals surface area contributed by atoms with Crippen LogP contribution in [-0.4, -0.2) is 4.98 Å². The molecule has 0 saturated carbocycles. The molecule has 1 aromatic heterocycles. The number of anilines is 1. The molecule has 0 aliphatic heterocycles. The Hall–Kier alpha value is -1.35. The maximum Gasteiger partial charge on any atom is 0.0901 e. The van der Waals surface area contributed by atoms with Crippen molar-refractivity contribution in [1.29, 1.82) is 0 Å². The van der Waals surface area contributed by atoms with Gasteiger partial charge in [-0.05, 0) is 57.9 Å². The van der Waals surface area contributed by atoms with Crippen LogP contribution in [0.3, 0.4) is 0 Å². The van der Waals surface area contributed by atoms with Crippen molar-refractivity contribution >= 4 is 17.0 Å². The van der Waals surface area contributed by atoms with E-state index in [1.807, 2.05) is 0 Å². The molecule has 0 bridgehead atoms. The van der Waals surface area contributed by atoms with Crippen LogP contribution in [0, 0.1) is 27.7 Å². The summed E-state index contributed by atoms with van der Waals surface area (Å²) in [5.74, 6) is 0. The largest absolute Gasteiger partial charge is 0.377 e. The Bertz CT molecular complexity index is 537. The Morgan fingerprint density at radius 3 is 2.17 bits per heavy atom. The van der Waals surface area contributed by atoms with Crippen molar-refractivity contribution in [3.63, 3.8) is 0 Å². The summed E-state index contributed by atoms with van der Waals surface area (Å²) in [6, 6.07) is 6.79. The summed E-state index contributed by atoms with van der Waals surface area (Å²) in [6.07, 6.45) is 0. The molecule has 1 unspecified atom stereocenters. The van der Waals surface area contributed by atoms with Crippen molar-refractivity contribution in [2.45, 2.75) is 40.7 Å². The van der Waals surface area contributed by atoms with E-state index in [4.69, 9.17) is 0 Å². The van der Waals surface area contributed by atoms with Gasteiger partial charge in [-0.3, -0.25) is 0 Å². The first kappa shape index (κ1) is 13.1. The number of thiazole rings is 1. The molecule has 1 atom stereocenters. The number of rotatable bonds is 3. The molecule has 96 valence electrons. The minimum Gasteiger partial charge on any atom is -0.377 e. The molecule has 18 heavy (non-hydrogen) atoms. The SMILES string of the molecule is Cc1cc(C)cc(NC(C)c2nc(C)sc2C)c1. The van der Waals surface area contributed by atoms with Crippen LogP contribution >= 0.6 is 11.3 Å². The van der Waals surface area contributed by atoms with E-state index in [9.17, 15) is 0 Å². The van der Waals surface area contributed by atoms with Gasteiger partial charge in [0.05, 0.1) is 16.7 Å². The lowest BCUT2D eigenvalue weighted by Crippen LogP contribution is -2.08. The summed E-state index contributed by atoms with van der Waals surface area (Å²) in [6.45, 7) is 10.6. The fourth-order valence-electron chi connectivity index (χ4n) is 2.32. The lowest BCUT2D eigenvalue weighted by molar-refractivity contribution is 0.836. The van der Waals surface area contributed by atoms with Crippen molar-refractivity contribution in [1.82, 2.24) is 4.98 Å². The smallest absolute Gasteiger partial charge is 0.0901 e. The average Bonchev–Trinajstić information content (AvgIpc) is 2.56. The number of hydrogen-bond donors (Lipinski definition) is 1. The topological polar surface area (TPSA) is 24.9 Å². The summed E-state index contributed by atoms with van der Waals surface area (Å²) in [5, 5.41) is 4.67. The van der Waals surface area contributed by atoms with Gasteiger partial charge in [-0.2, -0.15) is 0 Å². The zero-order chi connectivity index (χ0) is 13.3. The first-order valence-electron chi connectivity index (χ1n) is 6.24. The zero-order valence-electron chi connectivity index (χ0n) is 11.7. The van der Waals surface area contributed by atoms with Gasteiger partial charge in [-0.15, -0.1) is 11.3 Å². The molecule has 0 radical (unpaired) electrons. The van der Waals surface area contributed by atoms with Gasteiger partial charge >= 0.3 is 0 Å². The van der Waals surface area contributed by atoms with E-state index in [1.54, 1.807) is 11.3 Å². The van der Waals surface area contributed by atoms with Gasteiger partial charge in [-0.1, -0.05) is 6.07 Å². The van der Waals surface area contributed by atoms with E-state index in [0.717, 1.165) is 10.7 Å². The predicted molar refractivity (Wildman–Crippen MR) is 79.5 cm³/mol. The monoisotopic (exact) mass is 260 g/mol. The maximum absolute atomic E-state index is 4.61. The number of hydrogen-bond acceptors (Lipinski definition) is 3. The normalized spacial score (nSPS) is 12.5. The predicted octanol–water partition coefficient (Wildman–Crippen LogP) is 4.55. The molecule has 2 aromatic rings. The highest BCUT2D eigenvalue weighted by molar-refractivity contribution is 7.11. The minimum absolute atomic E-state index is 0.246. The van der Waals surface area contributed by atoms with E-state index < -0.39 is 0 Å². The van der Waals surface area contributed by atoms with Gasteiger partial charge in [0.15, 0.2) is 0 Å². The summed E-state index contributed by atoms with van der Waals surface area (Å²) in [7, 11) is 0. The first-order valence-corrected chi connectivity index (χ1v) is 7.06. The van der Waals surface area contributed by atoms with Gasteiger partial charge in [0.2, 0.25) is 0 Å². The van der Waals surface area contributed by atoms with Gasteiger partial charge < -0.3 is 5.32 Å². The van der Waals surface area contributed by atoms with Crippen molar-refractivity contribution in [3.8, 4) is 0 Å². The standard InChI is InChI=1S/C15H20N2S/c1-9-6-10(2)8-14(7-9)16-11(3)15-12(4)18-13(5)17-15/h6-8,11,16H,1-5H3. The molecule has 2 rings (SSSR count). The van der Waals surface area contributed by atoms with Crippen LogP contribution in [0.25, 0.3) is 0 Å². The third kappa shape index (κ3) is 2.91. The van der Waals surface area contributed by atoms with Crippen molar-refractivity contribution in [3.05, 3.63) is 44.9 Å². The Morgan fingerprint density at radius 1 is 1.06 bits per heavy atom. The third-order valence-corrected chi connectivity index (χ3v) is 3.86. The molecule has 0 amide bonds. The molecule has 1 aromatic carbocycles. The minimum atomic E-state index is 0.246. The van der Waals surface area contributed by atoms with E-state index >= 15 is 0 Å². The summed E-state index contributed by atoms with van der Waals surface area (Å²) in [4.78, 5) is 5.91. The highest BCUT2D eigenvalue weighted by Crippen LogP contribution is 2.26. The highest BCUT2D eigenvalue weighted by atomic mass is 32.1. The second-order valence-electron chi connectivity index (χ2n) is 4.92. The Balaban J connectivity index is 2.20. The molecule has 2 nitrogen and oxygen atoms in total. The number of nitrogens with one attached hydrogen (secondary N) is 1. The molecule has 0 fully saturated rings. The molecule has 0 saturated heterocycles. The van der Waals surface area contributed by atoms with Crippen LogP contribution < -0.4 is 5.32 Å². The highest BCUT2D eigenvalue weighted by Gasteiger charge is 2.13. The summed E-state index contributed by atoms with van der Waals surface area (Å²) < 4.78 is 0. The molecular formula is C15H20N2S. The number of aryl methyl sites for hydroxylation is 4. The molecule has 3 heteroatoms. The van der Waals surface area contributed by atoms with E-state index in [0.29, 0.717) is 0 Å². The van der Waals surface area contributed by atoms with E-state index in [-0.39, 0.29) is 6.04 Å². The quantitative estimate of drug-likeness (QED) is 0.875. The van der Waals surface area contributed by atoms with Gasteiger partial charge in [0.1, 0.15) is 0 Å². The zero-order valence-corrected chi connectivity index (χ0v) is 12.5. The molecule has 0 aliphatic carbocycles. The van der Waals surface area contributed by atoms with Crippen LogP contribution in [0.15, 0.2) is 18.2 Å². The number of benzene rings is 1. The molecule has 1 heterocycles. The van der Waals surface area contributed by atoms with Crippen LogP contribution in [0.5, 0.6) is 0 Å². The second kappa shape index (κ2) is 5.11. The first-order chi connectivity index (χ1) is 8.45. The van der Waals surface area contributed by atoms with Crippen molar-refractivity contribution < 1.29 is 0 Å². The van der Waals surface area contributed by atoms with Gasteiger partial charge in [0, 0.05) is 10.6 Å². The lowest BCUT2D eigenvalue weighted by atomic mass is 10.1. The second-order valence-corrected chi connectivity index (χ2v) is 6.32. The molecule has 1 N–H and O–H groups in total. The summed E-state index contributed by atoms with van der Waals surface area (Å²) in [5.41, 5.74) is 4.91. The third-order valence-electron chi connectivity index (χ3n) is 2.95. The number of nitrogens with zero attached hydrogens (tertiary/aromatic N) is 1. The van der Waals surface area contributed by atoms with Crippen LogP contribution in [0.2, 0.25) is 0 Å². The molecule has 0 aliphatic rings. The van der Waals surface area contributed by atoms with Crippen LogP contribution in [0.4, 0.5) is 5.69 Å². The van der Waals surface area contributed by atoms with E-state index in [2.05, 4.69) is 63.1 Å². The average molecular weight is 260 g/mol. The van der Waals surface area contributed by atoms with Gasteiger partial charge in [0.25, 0.3) is 0 Å². The summed E-state index contributed by atoms with van der Waals surface area (Å²) >= 11 is 1.76. The van der Waals surface area contributed by atoms with E-state index in [1.165, 1.54) is 21.7 Å². The van der Waals surface area contributed by atoms with Crippen LogP contribution in [-0.2, 0) is 0 Å². The number of aromatic nitrogens is 1. The Kier molecular flexibility index (Phi) is 3.71. The fraction of sp³-hybridized carbons (Fsp3) is 0.400.